The maximum absolute atomic E-state index is 13.6. The summed E-state index contributed by atoms with van der Waals surface area (Å²) in [7, 11) is 0. The fourth-order valence-corrected chi connectivity index (χ4v) is 4.29. The van der Waals surface area contributed by atoms with Crippen LogP contribution in [0.5, 0.6) is 5.75 Å². The van der Waals surface area contributed by atoms with Crippen LogP contribution in [0.25, 0.3) is 5.57 Å². The topological polar surface area (TPSA) is 70.1 Å². The Morgan fingerprint density at radius 3 is 2.38 bits per heavy atom. The minimum Gasteiger partial charge on any atom is -0.491 e. The third kappa shape index (κ3) is 4.25. The summed E-state index contributed by atoms with van der Waals surface area (Å²) in [6.07, 6.45) is 1.69. The molecule has 1 fully saturated rings. The molecule has 2 aromatic rings. The van der Waals surface area contributed by atoms with E-state index in [1.807, 2.05) is 18.7 Å². The zero-order valence-electron chi connectivity index (χ0n) is 18.3. The monoisotopic (exact) mass is 438 g/mol. The number of likely N-dealkylation sites (tertiary alicyclic amines) is 1. The average Bonchev–Trinajstić information content (AvgIpc) is 3.04. The molecular weight excluding hydrogens is 411 g/mol. The van der Waals surface area contributed by atoms with E-state index in [1.165, 1.54) is 24.3 Å². The van der Waals surface area contributed by atoms with Crippen LogP contribution >= 0.6 is 0 Å². The van der Waals surface area contributed by atoms with Crippen LogP contribution in [0.3, 0.4) is 0 Å². The summed E-state index contributed by atoms with van der Waals surface area (Å²) in [5.41, 5.74) is 1.51. The predicted molar refractivity (Wildman–Crippen MR) is 119 cm³/mol. The number of aliphatic hydroxyl groups is 1. The quantitative estimate of drug-likeness (QED) is 0.698. The summed E-state index contributed by atoms with van der Waals surface area (Å²) >= 11 is 0. The van der Waals surface area contributed by atoms with Gasteiger partial charge in [0, 0.05) is 19.7 Å². The highest BCUT2D eigenvalue weighted by atomic mass is 19.1. The van der Waals surface area contributed by atoms with Crippen molar-refractivity contribution in [3.8, 4) is 5.75 Å². The van der Waals surface area contributed by atoms with Crippen LogP contribution in [0.1, 0.15) is 32.3 Å². The lowest BCUT2D eigenvalue weighted by molar-refractivity contribution is -0.120. The Morgan fingerprint density at radius 2 is 1.75 bits per heavy atom. The van der Waals surface area contributed by atoms with Gasteiger partial charge in [0.1, 0.15) is 17.3 Å². The van der Waals surface area contributed by atoms with E-state index in [1.54, 1.807) is 24.3 Å². The van der Waals surface area contributed by atoms with Crippen molar-refractivity contribution in [2.75, 3.05) is 24.6 Å². The third-order valence-corrected chi connectivity index (χ3v) is 5.75. The standard InChI is InChI=1S/C25H27FN2O4/c1-16(2)32-21-11-9-20(10-12-21)28-24(30)22(18-5-7-19(26)8-6-18)23(25(28)31)27-13-3-4-17(14-27)15-29/h5-12,16-17,29H,3-4,13-15H2,1-2H3. The second-order valence-corrected chi connectivity index (χ2v) is 8.47. The molecule has 0 saturated carbocycles. The minimum absolute atomic E-state index is 0.00724. The van der Waals surface area contributed by atoms with Gasteiger partial charge in [0.25, 0.3) is 11.8 Å². The first kappa shape index (κ1) is 22.0. The number of ether oxygens (including phenoxy) is 1. The number of amides is 2. The van der Waals surface area contributed by atoms with Gasteiger partial charge in [-0.25, -0.2) is 9.29 Å². The van der Waals surface area contributed by atoms with Crippen LogP contribution in [0, 0.1) is 11.7 Å². The molecule has 4 rings (SSSR count). The average molecular weight is 438 g/mol. The number of carbonyl (C=O) groups is 2. The Morgan fingerprint density at radius 1 is 1.06 bits per heavy atom. The number of benzene rings is 2. The molecule has 32 heavy (non-hydrogen) atoms. The number of hydrogen-bond acceptors (Lipinski definition) is 5. The second kappa shape index (κ2) is 9.12. The van der Waals surface area contributed by atoms with Gasteiger partial charge < -0.3 is 14.7 Å². The van der Waals surface area contributed by atoms with Crippen LogP contribution in [0.4, 0.5) is 10.1 Å². The highest BCUT2D eigenvalue weighted by molar-refractivity contribution is 6.45. The molecule has 7 heteroatoms. The summed E-state index contributed by atoms with van der Waals surface area (Å²) < 4.78 is 19.2. The van der Waals surface area contributed by atoms with Crippen LogP contribution < -0.4 is 9.64 Å². The molecule has 0 radical (unpaired) electrons. The van der Waals surface area contributed by atoms with Crippen molar-refractivity contribution in [3.05, 3.63) is 65.6 Å². The summed E-state index contributed by atoms with van der Waals surface area (Å²) in [4.78, 5) is 30.1. The first-order chi connectivity index (χ1) is 15.4. The van der Waals surface area contributed by atoms with E-state index in [0.29, 0.717) is 35.8 Å². The van der Waals surface area contributed by atoms with Crippen molar-refractivity contribution >= 4 is 23.1 Å². The van der Waals surface area contributed by atoms with Crippen LogP contribution in [-0.2, 0) is 9.59 Å². The zero-order valence-corrected chi connectivity index (χ0v) is 18.3. The highest BCUT2D eigenvalue weighted by Crippen LogP contribution is 2.37. The molecule has 168 valence electrons. The molecule has 2 heterocycles. The molecule has 0 bridgehead atoms. The van der Waals surface area contributed by atoms with Crippen molar-refractivity contribution in [2.45, 2.75) is 32.8 Å². The van der Waals surface area contributed by atoms with Gasteiger partial charge in [-0.15, -0.1) is 0 Å². The lowest BCUT2D eigenvalue weighted by Gasteiger charge is -2.34. The van der Waals surface area contributed by atoms with Gasteiger partial charge in [-0.05, 0) is 74.6 Å². The van der Waals surface area contributed by atoms with Crippen molar-refractivity contribution in [2.24, 2.45) is 5.92 Å². The van der Waals surface area contributed by atoms with Crippen LogP contribution in [0.2, 0.25) is 0 Å². The van der Waals surface area contributed by atoms with Crippen molar-refractivity contribution in [3.63, 3.8) is 0 Å². The summed E-state index contributed by atoms with van der Waals surface area (Å²) in [5.74, 6) is -0.582. The molecule has 1 saturated heterocycles. The predicted octanol–water partition coefficient (Wildman–Crippen LogP) is 3.60. The second-order valence-electron chi connectivity index (χ2n) is 8.47. The smallest absolute Gasteiger partial charge is 0.282 e. The molecule has 2 aliphatic rings. The van der Waals surface area contributed by atoms with Gasteiger partial charge in [0.2, 0.25) is 0 Å². The molecule has 2 aliphatic heterocycles. The number of hydrogen-bond donors (Lipinski definition) is 1. The Bertz CT molecular complexity index is 1030. The van der Waals surface area contributed by atoms with Gasteiger partial charge in [-0.1, -0.05) is 12.1 Å². The van der Waals surface area contributed by atoms with E-state index in [-0.39, 0.29) is 24.2 Å². The summed E-state index contributed by atoms with van der Waals surface area (Å²) in [5, 5.41) is 9.64. The van der Waals surface area contributed by atoms with Gasteiger partial charge in [0.05, 0.1) is 17.4 Å². The number of halogens is 1. The molecule has 2 aromatic carbocycles. The first-order valence-electron chi connectivity index (χ1n) is 10.9. The number of aliphatic hydroxyl groups excluding tert-OH is 1. The largest absolute Gasteiger partial charge is 0.491 e. The Hall–Kier alpha value is -3.19. The van der Waals surface area contributed by atoms with Crippen molar-refractivity contribution in [1.29, 1.82) is 0 Å². The van der Waals surface area contributed by atoms with Crippen molar-refractivity contribution < 1.29 is 23.8 Å². The Kier molecular flexibility index (Phi) is 6.28. The number of nitrogens with zero attached hydrogens (tertiary/aromatic N) is 2. The lowest BCUT2D eigenvalue weighted by atomic mass is 9.97. The normalized spacial score (nSPS) is 19.3. The van der Waals surface area contributed by atoms with Gasteiger partial charge in [-0.3, -0.25) is 9.59 Å². The molecule has 1 N–H and O–H groups in total. The van der Waals surface area contributed by atoms with Gasteiger partial charge in [0.15, 0.2) is 0 Å². The van der Waals surface area contributed by atoms with E-state index < -0.39 is 17.6 Å². The van der Waals surface area contributed by atoms with E-state index in [9.17, 15) is 19.1 Å². The molecule has 0 spiro atoms. The molecule has 0 aromatic heterocycles. The van der Waals surface area contributed by atoms with Gasteiger partial charge >= 0.3 is 0 Å². The van der Waals surface area contributed by atoms with E-state index in [4.69, 9.17) is 4.74 Å². The molecular formula is C25H27FN2O4. The fourth-order valence-electron chi connectivity index (χ4n) is 4.29. The fraction of sp³-hybridized carbons (Fsp3) is 0.360. The highest BCUT2D eigenvalue weighted by Gasteiger charge is 2.43. The molecule has 1 atom stereocenters. The number of piperidine rings is 1. The van der Waals surface area contributed by atoms with Crippen LogP contribution in [0.15, 0.2) is 54.2 Å². The SMILES string of the molecule is CC(C)Oc1ccc(N2C(=O)C(c3ccc(F)cc3)=C(N3CCCC(CO)C3)C2=O)cc1. The van der Waals surface area contributed by atoms with E-state index in [0.717, 1.165) is 17.7 Å². The number of anilines is 1. The number of imide groups is 1. The zero-order chi connectivity index (χ0) is 22.8. The maximum Gasteiger partial charge on any atom is 0.282 e. The molecule has 2 amide bonds. The lowest BCUT2D eigenvalue weighted by Crippen LogP contribution is -2.40. The molecule has 0 aliphatic carbocycles. The third-order valence-electron chi connectivity index (χ3n) is 5.75. The Balaban J connectivity index is 1.73. The number of carbonyl (C=O) groups excluding carboxylic acids is 2. The number of rotatable bonds is 6. The van der Waals surface area contributed by atoms with Crippen molar-refractivity contribution in [1.82, 2.24) is 4.90 Å². The van der Waals surface area contributed by atoms with E-state index >= 15 is 0 Å². The molecule has 1 unspecified atom stereocenters. The summed E-state index contributed by atoms with van der Waals surface area (Å²) in [6.45, 7) is 4.98. The van der Waals surface area contributed by atoms with E-state index in [2.05, 4.69) is 0 Å². The van der Waals surface area contributed by atoms with Crippen LogP contribution in [-0.4, -0.2) is 47.6 Å². The summed E-state index contributed by atoms with van der Waals surface area (Å²) in [6, 6.07) is 12.4. The van der Waals surface area contributed by atoms with Gasteiger partial charge in [-0.2, -0.15) is 0 Å². The minimum atomic E-state index is -0.444. The molecule has 6 nitrogen and oxygen atoms in total. The first-order valence-corrected chi connectivity index (χ1v) is 10.9. The maximum atomic E-state index is 13.6. The Labute approximate surface area is 186 Å².